The van der Waals surface area contributed by atoms with Crippen LogP contribution in [0.3, 0.4) is 0 Å². The van der Waals surface area contributed by atoms with E-state index >= 15 is 0 Å². The summed E-state index contributed by atoms with van der Waals surface area (Å²) in [5.74, 6) is 0.256. The molecule has 110 valence electrons. The number of halogens is 1. The lowest BCUT2D eigenvalue weighted by atomic mass is 10.1. The molecule has 1 saturated heterocycles. The lowest BCUT2D eigenvalue weighted by Gasteiger charge is -2.07. The van der Waals surface area contributed by atoms with Gasteiger partial charge < -0.3 is 10.1 Å². The molecule has 0 unspecified atom stereocenters. The van der Waals surface area contributed by atoms with E-state index in [0.717, 1.165) is 25.2 Å². The predicted molar refractivity (Wildman–Crippen MR) is 80.3 cm³/mol. The molecule has 2 heterocycles. The normalized spacial score (nSPS) is 17.9. The Bertz CT molecular complexity index is 635. The van der Waals surface area contributed by atoms with Crippen LogP contribution in [0.1, 0.15) is 16.9 Å². The van der Waals surface area contributed by atoms with Gasteiger partial charge in [0.2, 0.25) is 0 Å². The second kappa shape index (κ2) is 6.28. The Morgan fingerprint density at radius 1 is 1.48 bits per heavy atom. The third kappa shape index (κ3) is 3.43. The minimum absolute atomic E-state index is 0.150. The first-order valence-corrected chi connectivity index (χ1v) is 7.27. The van der Waals surface area contributed by atoms with Gasteiger partial charge >= 0.3 is 0 Å². The Hall–Kier alpha value is -1.85. The zero-order chi connectivity index (χ0) is 14.7. The summed E-state index contributed by atoms with van der Waals surface area (Å²) in [6.07, 6.45) is 0.997. The van der Waals surface area contributed by atoms with Gasteiger partial charge in [-0.3, -0.25) is 9.89 Å². The number of nitrogens with one attached hydrogen (secondary N) is 2. The zero-order valence-corrected chi connectivity index (χ0v) is 12.2. The maximum Gasteiger partial charge on any atom is 0.269 e. The number of nitrogens with zero attached hydrogens (tertiary/aromatic N) is 1. The molecule has 1 amide bonds. The van der Waals surface area contributed by atoms with Crippen LogP contribution in [0.2, 0.25) is 5.02 Å². The Morgan fingerprint density at radius 2 is 2.38 bits per heavy atom. The van der Waals surface area contributed by atoms with Crippen molar-refractivity contribution in [2.75, 3.05) is 19.8 Å². The number of aromatic amines is 1. The van der Waals surface area contributed by atoms with Crippen molar-refractivity contribution >= 4 is 17.5 Å². The van der Waals surface area contributed by atoms with Gasteiger partial charge in [0.1, 0.15) is 5.69 Å². The lowest BCUT2D eigenvalue weighted by Crippen LogP contribution is -2.29. The molecular formula is C15H16ClN3O2. The van der Waals surface area contributed by atoms with Crippen molar-refractivity contribution in [1.29, 1.82) is 0 Å². The first kappa shape index (κ1) is 14.1. The standard InChI is InChI=1S/C15H16ClN3O2/c16-12-3-1-2-11(6-12)13-7-14(19-18-13)15(20)17-8-10-4-5-21-9-10/h1-3,6-7,10H,4-5,8-9H2,(H,17,20)(H,18,19)/t10-/m0/s1. The number of hydrogen-bond donors (Lipinski definition) is 2. The fourth-order valence-electron chi connectivity index (χ4n) is 2.31. The zero-order valence-electron chi connectivity index (χ0n) is 11.4. The fourth-order valence-corrected chi connectivity index (χ4v) is 2.50. The number of benzene rings is 1. The molecule has 0 radical (unpaired) electrons. The van der Waals surface area contributed by atoms with Gasteiger partial charge in [-0.2, -0.15) is 5.10 Å². The van der Waals surface area contributed by atoms with E-state index in [4.69, 9.17) is 16.3 Å². The molecule has 0 saturated carbocycles. The number of ether oxygens (including phenoxy) is 1. The molecular weight excluding hydrogens is 290 g/mol. The fraction of sp³-hybridized carbons (Fsp3) is 0.333. The molecule has 2 N–H and O–H groups in total. The average Bonchev–Trinajstić information content (AvgIpc) is 3.16. The van der Waals surface area contributed by atoms with Crippen LogP contribution in [-0.2, 0) is 4.74 Å². The second-order valence-corrected chi connectivity index (χ2v) is 5.55. The molecule has 6 heteroatoms. The Kier molecular flexibility index (Phi) is 4.22. The van der Waals surface area contributed by atoms with Crippen LogP contribution in [-0.4, -0.2) is 35.9 Å². The van der Waals surface area contributed by atoms with Crippen LogP contribution in [0.25, 0.3) is 11.3 Å². The molecule has 5 nitrogen and oxygen atoms in total. The maximum atomic E-state index is 12.1. The molecule has 1 aliphatic heterocycles. The number of carbonyl (C=O) groups is 1. The Balaban J connectivity index is 1.65. The van der Waals surface area contributed by atoms with E-state index < -0.39 is 0 Å². The molecule has 1 aromatic carbocycles. The molecule has 21 heavy (non-hydrogen) atoms. The van der Waals surface area contributed by atoms with E-state index in [1.54, 1.807) is 12.1 Å². The molecule has 0 aliphatic carbocycles. The molecule has 1 aromatic heterocycles. The van der Waals surface area contributed by atoms with Gasteiger partial charge in [-0.15, -0.1) is 0 Å². The first-order valence-electron chi connectivity index (χ1n) is 6.89. The van der Waals surface area contributed by atoms with Crippen molar-refractivity contribution in [2.24, 2.45) is 5.92 Å². The van der Waals surface area contributed by atoms with Crippen molar-refractivity contribution in [3.63, 3.8) is 0 Å². The summed E-state index contributed by atoms with van der Waals surface area (Å²) in [7, 11) is 0. The lowest BCUT2D eigenvalue weighted by molar-refractivity contribution is 0.0940. The van der Waals surface area contributed by atoms with Gasteiger partial charge in [-0.1, -0.05) is 23.7 Å². The minimum atomic E-state index is -0.150. The highest BCUT2D eigenvalue weighted by Gasteiger charge is 2.17. The number of H-pyrrole nitrogens is 1. The molecule has 2 aromatic rings. The highest BCUT2D eigenvalue weighted by atomic mass is 35.5. The van der Waals surface area contributed by atoms with Crippen molar-refractivity contribution in [3.05, 3.63) is 41.0 Å². The van der Waals surface area contributed by atoms with Crippen molar-refractivity contribution in [3.8, 4) is 11.3 Å². The number of aromatic nitrogens is 2. The highest BCUT2D eigenvalue weighted by Crippen LogP contribution is 2.21. The van der Waals surface area contributed by atoms with Crippen LogP contribution < -0.4 is 5.32 Å². The maximum absolute atomic E-state index is 12.1. The number of rotatable bonds is 4. The van der Waals surface area contributed by atoms with E-state index in [2.05, 4.69) is 15.5 Å². The Labute approximate surface area is 127 Å². The molecule has 1 aliphatic rings. The van der Waals surface area contributed by atoms with Crippen LogP contribution in [0.5, 0.6) is 0 Å². The van der Waals surface area contributed by atoms with Crippen LogP contribution in [0.15, 0.2) is 30.3 Å². The van der Waals surface area contributed by atoms with E-state index in [0.29, 0.717) is 28.9 Å². The van der Waals surface area contributed by atoms with Gasteiger partial charge in [0.15, 0.2) is 0 Å². The van der Waals surface area contributed by atoms with Gasteiger partial charge in [0.05, 0.1) is 12.3 Å². The number of amides is 1. The molecule has 0 bridgehead atoms. The topological polar surface area (TPSA) is 67.0 Å². The summed E-state index contributed by atoms with van der Waals surface area (Å²) in [5, 5.41) is 10.5. The average molecular weight is 306 g/mol. The summed E-state index contributed by atoms with van der Waals surface area (Å²) >= 11 is 5.96. The molecule has 0 spiro atoms. The van der Waals surface area contributed by atoms with Gasteiger partial charge in [0.25, 0.3) is 5.91 Å². The third-order valence-corrected chi connectivity index (χ3v) is 3.75. The minimum Gasteiger partial charge on any atom is -0.381 e. The summed E-state index contributed by atoms with van der Waals surface area (Å²) in [6.45, 7) is 2.13. The summed E-state index contributed by atoms with van der Waals surface area (Å²) in [5.41, 5.74) is 2.03. The van der Waals surface area contributed by atoms with Crippen LogP contribution in [0, 0.1) is 5.92 Å². The first-order chi connectivity index (χ1) is 10.2. The van der Waals surface area contributed by atoms with E-state index in [-0.39, 0.29) is 5.91 Å². The summed E-state index contributed by atoms with van der Waals surface area (Å²) < 4.78 is 5.28. The summed E-state index contributed by atoms with van der Waals surface area (Å²) in [6, 6.07) is 9.10. The SMILES string of the molecule is O=C(NC[C@@H]1CCOC1)c1cc(-c2cccc(Cl)c2)n[nH]1. The predicted octanol–water partition coefficient (Wildman–Crippen LogP) is 2.50. The molecule has 1 fully saturated rings. The number of carbonyl (C=O) groups excluding carboxylic acids is 1. The monoisotopic (exact) mass is 305 g/mol. The van der Waals surface area contributed by atoms with Gasteiger partial charge in [-0.05, 0) is 24.6 Å². The van der Waals surface area contributed by atoms with Gasteiger partial charge in [-0.25, -0.2) is 0 Å². The van der Waals surface area contributed by atoms with Crippen LogP contribution >= 0.6 is 11.6 Å². The van der Waals surface area contributed by atoms with Crippen LogP contribution in [0.4, 0.5) is 0 Å². The molecule has 1 atom stereocenters. The van der Waals surface area contributed by atoms with Crippen molar-refractivity contribution < 1.29 is 9.53 Å². The van der Waals surface area contributed by atoms with E-state index in [1.165, 1.54) is 0 Å². The van der Waals surface area contributed by atoms with E-state index in [9.17, 15) is 4.79 Å². The summed E-state index contributed by atoms with van der Waals surface area (Å²) in [4.78, 5) is 12.1. The quantitative estimate of drug-likeness (QED) is 0.912. The largest absolute Gasteiger partial charge is 0.381 e. The van der Waals surface area contributed by atoms with Crippen molar-refractivity contribution in [2.45, 2.75) is 6.42 Å². The van der Waals surface area contributed by atoms with E-state index in [1.807, 2.05) is 18.2 Å². The number of hydrogen-bond acceptors (Lipinski definition) is 3. The highest BCUT2D eigenvalue weighted by molar-refractivity contribution is 6.30. The molecule has 3 rings (SSSR count). The van der Waals surface area contributed by atoms with Crippen molar-refractivity contribution in [1.82, 2.24) is 15.5 Å². The second-order valence-electron chi connectivity index (χ2n) is 5.12. The third-order valence-electron chi connectivity index (χ3n) is 3.52. The smallest absolute Gasteiger partial charge is 0.269 e. The van der Waals surface area contributed by atoms with Gasteiger partial charge in [0, 0.05) is 29.7 Å². The Morgan fingerprint density at radius 3 is 3.14 bits per heavy atom.